The molecule has 0 fully saturated rings. The number of nitrogens with two attached hydrogens (primary N) is 1. The Kier molecular flexibility index (Phi) is 10.9. The quantitative estimate of drug-likeness (QED) is 0.196. The fourth-order valence-corrected chi connectivity index (χ4v) is 2.13. The zero-order valence-corrected chi connectivity index (χ0v) is 16.0. The number of hydrogen-bond acceptors (Lipinski definition) is 7. The standard InChI is InChI=1S/C15H28N4O6S/c1-4-7(2)11(19-12(21)9(16)5-20)14(23)18-10(6-26)13(22)17-8(3)15(24)25/h7-11,20,26H,4-6,16H2,1-3H3,(H,17,22)(H,18,23)(H,19,21)(H,24,25). The van der Waals surface area contributed by atoms with E-state index < -0.39 is 54.5 Å². The lowest BCUT2D eigenvalue weighted by molar-refractivity contribution is -0.141. The topological polar surface area (TPSA) is 171 Å². The SMILES string of the molecule is CCC(C)C(NC(=O)C(N)CO)C(=O)NC(CS)C(=O)NC(C)C(=O)O. The predicted molar refractivity (Wildman–Crippen MR) is 97.5 cm³/mol. The first kappa shape index (κ1) is 24.1. The largest absolute Gasteiger partial charge is 0.480 e. The molecule has 0 radical (unpaired) electrons. The average molecular weight is 392 g/mol. The number of thiol groups is 1. The van der Waals surface area contributed by atoms with Gasteiger partial charge in [0.15, 0.2) is 0 Å². The van der Waals surface area contributed by atoms with Gasteiger partial charge in [0.05, 0.1) is 6.61 Å². The fraction of sp³-hybridized carbons (Fsp3) is 0.733. The molecule has 0 aromatic carbocycles. The molecule has 0 saturated carbocycles. The molecule has 0 aromatic rings. The molecule has 0 aliphatic carbocycles. The third kappa shape index (κ3) is 7.58. The summed E-state index contributed by atoms with van der Waals surface area (Å²) in [4.78, 5) is 47.3. The Bertz CT molecular complexity index is 518. The smallest absolute Gasteiger partial charge is 0.325 e. The molecular formula is C15H28N4O6S. The molecule has 11 heteroatoms. The maximum Gasteiger partial charge on any atom is 0.325 e. The molecule has 0 aliphatic heterocycles. The van der Waals surface area contributed by atoms with E-state index in [4.69, 9.17) is 15.9 Å². The zero-order valence-electron chi connectivity index (χ0n) is 15.1. The first-order valence-electron chi connectivity index (χ1n) is 8.20. The van der Waals surface area contributed by atoms with Crippen LogP contribution in [0.4, 0.5) is 0 Å². The van der Waals surface area contributed by atoms with Crippen LogP contribution in [0.2, 0.25) is 0 Å². The van der Waals surface area contributed by atoms with Crippen LogP contribution in [0.15, 0.2) is 0 Å². The Morgan fingerprint density at radius 3 is 2.04 bits per heavy atom. The van der Waals surface area contributed by atoms with Gasteiger partial charge in [0.1, 0.15) is 24.2 Å². The lowest BCUT2D eigenvalue weighted by atomic mass is 9.97. The van der Waals surface area contributed by atoms with Gasteiger partial charge < -0.3 is 31.9 Å². The summed E-state index contributed by atoms with van der Waals surface area (Å²) in [6.07, 6.45) is 0.556. The molecule has 7 N–H and O–H groups in total. The van der Waals surface area contributed by atoms with Crippen LogP contribution in [0, 0.1) is 5.92 Å². The maximum absolute atomic E-state index is 12.5. The number of hydrogen-bond donors (Lipinski definition) is 7. The fourth-order valence-electron chi connectivity index (χ4n) is 1.88. The normalized spacial score (nSPS) is 16.5. The predicted octanol–water partition coefficient (Wildman–Crippen LogP) is -2.16. The highest BCUT2D eigenvalue weighted by molar-refractivity contribution is 7.80. The maximum atomic E-state index is 12.5. The van der Waals surface area contributed by atoms with Crippen LogP contribution in [0.5, 0.6) is 0 Å². The van der Waals surface area contributed by atoms with Crippen LogP contribution in [-0.2, 0) is 19.2 Å². The summed E-state index contributed by atoms with van der Waals surface area (Å²) in [5.74, 6) is -3.59. The van der Waals surface area contributed by atoms with E-state index in [2.05, 4.69) is 28.6 Å². The number of rotatable bonds is 11. The summed E-state index contributed by atoms with van der Waals surface area (Å²) in [6, 6.07) is -4.36. The molecule has 3 amide bonds. The molecule has 0 aliphatic rings. The molecule has 10 nitrogen and oxygen atoms in total. The summed E-state index contributed by atoms with van der Waals surface area (Å²) in [5, 5.41) is 24.9. The molecule has 0 spiro atoms. The van der Waals surface area contributed by atoms with Crippen LogP contribution in [-0.4, -0.2) is 70.4 Å². The molecule has 0 bridgehead atoms. The van der Waals surface area contributed by atoms with Gasteiger partial charge in [-0.25, -0.2) is 0 Å². The summed E-state index contributed by atoms with van der Waals surface area (Å²) in [5.41, 5.74) is 5.44. The van der Waals surface area contributed by atoms with Gasteiger partial charge in [-0.15, -0.1) is 0 Å². The Balaban J connectivity index is 5.11. The summed E-state index contributed by atoms with van der Waals surface area (Å²) < 4.78 is 0. The molecule has 0 saturated heterocycles. The first-order valence-corrected chi connectivity index (χ1v) is 8.83. The summed E-state index contributed by atoms with van der Waals surface area (Å²) >= 11 is 4.00. The van der Waals surface area contributed by atoms with E-state index in [-0.39, 0.29) is 11.7 Å². The minimum Gasteiger partial charge on any atom is -0.480 e. The van der Waals surface area contributed by atoms with Crippen LogP contribution in [0.1, 0.15) is 27.2 Å². The van der Waals surface area contributed by atoms with E-state index in [0.717, 1.165) is 0 Å². The van der Waals surface area contributed by atoms with E-state index >= 15 is 0 Å². The molecule has 26 heavy (non-hydrogen) atoms. The Labute approximate surface area is 157 Å². The number of aliphatic carboxylic acids is 1. The van der Waals surface area contributed by atoms with Crippen molar-refractivity contribution < 1.29 is 29.4 Å². The van der Waals surface area contributed by atoms with Crippen LogP contribution < -0.4 is 21.7 Å². The highest BCUT2D eigenvalue weighted by Gasteiger charge is 2.31. The van der Waals surface area contributed by atoms with Crippen molar-refractivity contribution >= 4 is 36.3 Å². The van der Waals surface area contributed by atoms with E-state index in [0.29, 0.717) is 6.42 Å². The molecule has 5 unspecified atom stereocenters. The number of carbonyl (C=O) groups is 4. The van der Waals surface area contributed by atoms with Crippen LogP contribution >= 0.6 is 12.6 Å². The lowest BCUT2D eigenvalue weighted by Crippen LogP contribution is -2.59. The Hall–Kier alpha value is -1.85. The van der Waals surface area contributed by atoms with E-state index in [1.165, 1.54) is 6.92 Å². The lowest BCUT2D eigenvalue weighted by Gasteiger charge is -2.27. The van der Waals surface area contributed by atoms with Crippen LogP contribution in [0.3, 0.4) is 0 Å². The number of carboxylic acid groups (broad SMARTS) is 1. The molecule has 5 atom stereocenters. The van der Waals surface area contributed by atoms with Gasteiger partial charge in [-0.05, 0) is 12.8 Å². The third-order valence-electron chi connectivity index (χ3n) is 3.87. The van der Waals surface area contributed by atoms with Crippen molar-refractivity contribution in [2.45, 2.75) is 51.4 Å². The molecular weight excluding hydrogens is 364 g/mol. The highest BCUT2D eigenvalue weighted by atomic mass is 32.1. The molecule has 0 rings (SSSR count). The Morgan fingerprint density at radius 2 is 1.62 bits per heavy atom. The number of carboxylic acids is 1. The minimum absolute atomic E-state index is 0.0682. The third-order valence-corrected chi connectivity index (χ3v) is 4.24. The van der Waals surface area contributed by atoms with Crippen molar-refractivity contribution in [2.75, 3.05) is 12.4 Å². The van der Waals surface area contributed by atoms with Gasteiger partial charge in [-0.1, -0.05) is 20.3 Å². The minimum atomic E-state index is -1.22. The van der Waals surface area contributed by atoms with Crippen molar-refractivity contribution in [2.24, 2.45) is 11.7 Å². The first-order chi connectivity index (χ1) is 12.1. The van der Waals surface area contributed by atoms with E-state index in [9.17, 15) is 19.2 Å². The van der Waals surface area contributed by atoms with Crippen molar-refractivity contribution in [3.8, 4) is 0 Å². The van der Waals surface area contributed by atoms with E-state index in [1.54, 1.807) is 6.92 Å². The second-order valence-electron chi connectivity index (χ2n) is 5.97. The molecule has 150 valence electrons. The highest BCUT2D eigenvalue weighted by Crippen LogP contribution is 2.09. The van der Waals surface area contributed by atoms with Crippen molar-refractivity contribution in [1.82, 2.24) is 16.0 Å². The number of amides is 3. The number of aliphatic hydroxyl groups excluding tert-OH is 1. The number of nitrogens with one attached hydrogen (secondary N) is 3. The van der Waals surface area contributed by atoms with Crippen molar-refractivity contribution in [1.29, 1.82) is 0 Å². The van der Waals surface area contributed by atoms with Gasteiger partial charge in [-0.3, -0.25) is 19.2 Å². The van der Waals surface area contributed by atoms with Gasteiger partial charge >= 0.3 is 5.97 Å². The average Bonchev–Trinajstić information content (AvgIpc) is 2.61. The van der Waals surface area contributed by atoms with Gasteiger partial charge in [0.25, 0.3) is 0 Å². The van der Waals surface area contributed by atoms with Crippen LogP contribution in [0.25, 0.3) is 0 Å². The van der Waals surface area contributed by atoms with E-state index in [1.807, 2.05) is 6.92 Å². The van der Waals surface area contributed by atoms with Gasteiger partial charge in [-0.2, -0.15) is 12.6 Å². The summed E-state index contributed by atoms with van der Waals surface area (Å²) in [6.45, 7) is 4.27. The second-order valence-corrected chi connectivity index (χ2v) is 6.34. The molecule has 0 aromatic heterocycles. The summed E-state index contributed by atoms with van der Waals surface area (Å²) in [7, 11) is 0. The zero-order chi connectivity index (χ0) is 20.4. The monoisotopic (exact) mass is 392 g/mol. The number of aliphatic hydroxyl groups is 1. The molecule has 0 heterocycles. The van der Waals surface area contributed by atoms with Gasteiger partial charge in [0.2, 0.25) is 17.7 Å². The number of carbonyl (C=O) groups excluding carboxylic acids is 3. The second kappa shape index (κ2) is 11.7. The Morgan fingerprint density at radius 1 is 1.04 bits per heavy atom. The van der Waals surface area contributed by atoms with Crippen molar-refractivity contribution in [3.63, 3.8) is 0 Å². The van der Waals surface area contributed by atoms with Crippen molar-refractivity contribution in [3.05, 3.63) is 0 Å². The van der Waals surface area contributed by atoms with Gasteiger partial charge in [0, 0.05) is 5.75 Å².